The van der Waals surface area contributed by atoms with Crippen molar-refractivity contribution in [3.05, 3.63) is 35.6 Å². The summed E-state index contributed by atoms with van der Waals surface area (Å²) in [5.74, 6) is -0.0531. The highest BCUT2D eigenvalue weighted by Gasteiger charge is 2.15. The Morgan fingerprint density at radius 1 is 1.21 bits per heavy atom. The molecular weight excluding hydrogens is 424 g/mol. The van der Waals surface area contributed by atoms with Crippen LogP contribution in [0.1, 0.15) is 33.3 Å². The van der Waals surface area contributed by atoms with E-state index in [9.17, 15) is 9.18 Å². The number of hydrogen-bond acceptors (Lipinski definition) is 3. The van der Waals surface area contributed by atoms with Crippen molar-refractivity contribution >= 4 is 35.9 Å². The Morgan fingerprint density at radius 3 is 2.38 bits per heavy atom. The van der Waals surface area contributed by atoms with E-state index in [1.807, 2.05) is 27.7 Å². The van der Waals surface area contributed by atoms with Crippen molar-refractivity contribution in [3.63, 3.8) is 0 Å². The van der Waals surface area contributed by atoms with Gasteiger partial charge in [0.05, 0.1) is 0 Å². The number of hydrogen-bond donors (Lipinski definition) is 2. The summed E-state index contributed by atoms with van der Waals surface area (Å²) in [6.45, 7) is 8.69. The number of carbonyl (C=O) groups is 1. The summed E-state index contributed by atoms with van der Waals surface area (Å²) < 4.78 is 18.1. The molecule has 0 unspecified atom stereocenters. The third-order valence-electron chi connectivity index (χ3n) is 2.75. The largest absolute Gasteiger partial charge is 0.459 e. The van der Waals surface area contributed by atoms with E-state index in [4.69, 9.17) is 4.74 Å². The van der Waals surface area contributed by atoms with Crippen LogP contribution in [0, 0.1) is 5.82 Å². The maximum absolute atomic E-state index is 12.8. The Bertz CT molecular complexity index is 528. The zero-order valence-electron chi connectivity index (χ0n) is 14.7. The summed E-state index contributed by atoms with van der Waals surface area (Å²) in [5, 5.41) is 6.21. The molecule has 0 saturated carbocycles. The molecule has 2 N–H and O–H groups in total. The lowest BCUT2D eigenvalue weighted by molar-refractivity contribution is -0.152. The number of halogens is 2. The molecule has 7 heteroatoms. The highest BCUT2D eigenvalue weighted by Crippen LogP contribution is 2.06. The van der Waals surface area contributed by atoms with Crippen molar-refractivity contribution in [2.45, 2.75) is 39.7 Å². The molecule has 24 heavy (non-hydrogen) atoms. The third-order valence-corrected chi connectivity index (χ3v) is 2.75. The van der Waals surface area contributed by atoms with E-state index in [-0.39, 0.29) is 42.3 Å². The first kappa shape index (κ1) is 22.6. The molecule has 0 aliphatic heterocycles. The average molecular weight is 451 g/mol. The second-order valence-corrected chi connectivity index (χ2v) is 6.08. The monoisotopic (exact) mass is 451 g/mol. The highest BCUT2D eigenvalue weighted by atomic mass is 127. The number of esters is 1. The second kappa shape index (κ2) is 11.2. The quantitative estimate of drug-likeness (QED) is 0.302. The van der Waals surface area contributed by atoms with Gasteiger partial charge in [-0.1, -0.05) is 12.1 Å². The summed E-state index contributed by atoms with van der Waals surface area (Å²) in [4.78, 5) is 15.9. The first-order valence-electron chi connectivity index (χ1n) is 7.78. The number of guanidine groups is 1. The van der Waals surface area contributed by atoms with Gasteiger partial charge in [-0.25, -0.2) is 9.38 Å². The number of nitrogens with zero attached hydrogens (tertiary/aromatic N) is 1. The van der Waals surface area contributed by atoms with E-state index >= 15 is 0 Å². The average Bonchev–Trinajstić information content (AvgIpc) is 2.45. The Morgan fingerprint density at radius 2 is 1.83 bits per heavy atom. The van der Waals surface area contributed by atoms with Crippen LogP contribution in [0.2, 0.25) is 0 Å². The van der Waals surface area contributed by atoms with E-state index in [0.717, 1.165) is 12.0 Å². The highest BCUT2D eigenvalue weighted by molar-refractivity contribution is 14.0. The van der Waals surface area contributed by atoms with E-state index in [1.165, 1.54) is 12.1 Å². The van der Waals surface area contributed by atoms with Crippen LogP contribution in [0.5, 0.6) is 0 Å². The molecule has 0 heterocycles. The van der Waals surface area contributed by atoms with Gasteiger partial charge >= 0.3 is 5.97 Å². The van der Waals surface area contributed by atoms with Crippen molar-refractivity contribution in [1.29, 1.82) is 0 Å². The van der Waals surface area contributed by atoms with Crippen molar-refractivity contribution < 1.29 is 13.9 Å². The minimum Gasteiger partial charge on any atom is -0.459 e. The van der Waals surface area contributed by atoms with E-state index in [2.05, 4.69) is 15.6 Å². The molecule has 0 aliphatic rings. The molecule has 0 saturated heterocycles. The molecule has 0 fully saturated rings. The lowest BCUT2D eigenvalue weighted by Gasteiger charge is -2.19. The Labute approximate surface area is 160 Å². The minimum atomic E-state index is -0.513. The predicted octanol–water partition coefficient (Wildman–Crippen LogP) is 2.88. The lowest BCUT2D eigenvalue weighted by Crippen LogP contribution is -2.39. The molecule has 0 aromatic heterocycles. The van der Waals surface area contributed by atoms with Gasteiger partial charge in [0.1, 0.15) is 18.0 Å². The fourth-order valence-electron chi connectivity index (χ4n) is 1.84. The molecule has 0 spiro atoms. The van der Waals surface area contributed by atoms with Crippen molar-refractivity contribution in [3.8, 4) is 0 Å². The Balaban J connectivity index is 0.00000529. The Hall–Kier alpha value is -1.38. The topological polar surface area (TPSA) is 62.7 Å². The van der Waals surface area contributed by atoms with Crippen molar-refractivity contribution in [2.75, 3.05) is 19.6 Å². The van der Waals surface area contributed by atoms with Crippen LogP contribution >= 0.6 is 24.0 Å². The van der Waals surface area contributed by atoms with Crippen LogP contribution in [0.15, 0.2) is 29.3 Å². The summed E-state index contributed by atoms with van der Waals surface area (Å²) in [6, 6.07) is 6.39. The number of aliphatic imine (C=N–C) groups is 1. The summed E-state index contributed by atoms with van der Waals surface area (Å²) in [5.41, 5.74) is 0.517. The third kappa shape index (κ3) is 10.4. The van der Waals surface area contributed by atoms with Crippen LogP contribution in [0.25, 0.3) is 0 Å². The van der Waals surface area contributed by atoms with Crippen molar-refractivity contribution in [2.24, 2.45) is 4.99 Å². The fraction of sp³-hybridized carbons (Fsp3) is 0.529. The van der Waals surface area contributed by atoms with Gasteiger partial charge in [0, 0.05) is 13.1 Å². The zero-order chi connectivity index (χ0) is 17.3. The molecule has 0 radical (unpaired) electrons. The summed E-state index contributed by atoms with van der Waals surface area (Å²) in [7, 11) is 0. The van der Waals surface area contributed by atoms with Gasteiger partial charge in [0.15, 0.2) is 5.96 Å². The van der Waals surface area contributed by atoms with E-state index in [0.29, 0.717) is 19.0 Å². The van der Waals surface area contributed by atoms with Crippen LogP contribution in [0.3, 0.4) is 0 Å². The number of ether oxygens (including phenoxy) is 1. The molecule has 0 atom stereocenters. The van der Waals surface area contributed by atoms with Gasteiger partial charge in [-0.05, 0) is 51.8 Å². The van der Waals surface area contributed by atoms with Crippen LogP contribution in [-0.4, -0.2) is 37.2 Å². The zero-order valence-corrected chi connectivity index (χ0v) is 17.0. The smallest absolute Gasteiger partial charge is 0.328 e. The number of carbonyl (C=O) groups excluding carboxylic acids is 1. The standard InChI is InChI=1S/C17H26FN3O2.HI/c1-5-19-16(21-12-15(22)23-17(2,3)4)20-11-10-13-6-8-14(18)9-7-13;/h6-9H,5,10-12H2,1-4H3,(H2,19,20,21);1H. The first-order valence-corrected chi connectivity index (χ1v) is 7.78. The molecule has 136 valence electrons. The maximum Gasteiger partial charge on any atom is 0.328 e. The van der Waals surface area contributed by atoms with E-state index < -0.39 is 5.60 Å². The molecule has 0 aliphatic carbocycles. The molecule has 0 bridgehead atoms. The molecular formula is C17H27FIN3O2. The Kier molecular flexibility index (Phi) is 10.6. The van der Waals surface area contributed by atoms with Gasteiger partial charge in [0.25, 0.3) is 0 Å². The molecule has 0 amide bonds. The number of rotatable bonds is 6. The molecule has 1 aromatic carbocycles. The molecule has 5 nitrogen and oxygen atoms in total. The van der Waals surface area contributed by atoms with Gasteiger partial charge in [-0.2, -0.15) is 0 Å². The summed E-state index contributed by atoms with van der Waals surface area (Å²) in [6.07, 6.45) is 0.733. The second-order valence-electron chi connectivity index (χ2n) is 6.08. The molecule has 1 rings (SSSR count). The van der Waals surface area contributed by atoms with E-state index in [1.54, 1.807) is 12.1 Å². The van der Waals surface area contributed by atoms with Gasteiger partial charge in [-0.3, -0.25) is 4.79 Å². The number of benzene rings is 1. The normalized spacial score (nSPS) is 11.5. The van der Waals surface area contributed by atoms with Crippen LogP contribution in [0.4, 0.5) is 4.39 Å². The molecule has 1 aromatic rings. The minimum absolute atomic E-state index is 0. The first-order chi connectivity index (χ1) is 10.8. The van der Waals surface area contributed by atoms with Gasteiger partial charge in [0.2, 0.25) is 0 Å². The predicted molar refractivity (Wildman–Crippen MR) is 105 cm³/mol. The lowest BCUT2D eigenvalue weighted by atomic mass is 10.1. The maximum atomic E-state index is 12.8. The van der Waals surface area contributed by atoms with Crippen LogP contribution < -0.4 is 10.6 Å². The van der Waals surface area contributed by atoms with Gasteiger partial charge < -0.3 is 15.4 Å². The van der Waals surface area contributed by atoms with Crippen LogP contribution in [-0.2, 0) is 16.0 Å². The van der Waals surface area contributed by atoms with Crippen molar-refractivity contribution in [1.82, 2.24) is 10.6 Å². The SMILES string of the molecule is CCNC(=NCC(=O)OC(C)(C)C)NCCc1ccc(F)cc1.I. The summed E-state index contributed by atoms with van der Waals surface area (Å²) >= 11 is 0. The fourth-order valence-corrected chi connectivity index (χ4v) is 1.84. The van der Waals surface area contributed by atoms with Gasteiger partial charge in [-0.15, -0.1) is 24.0 Å². The number of nitrogens with one attached hydrogen (secondary N) is 2.